The number of carbonyl (C=O) groups is 1. The van der Waals surface area contributed by atoms with Crippen molar-refractivity contribution in [1.82, 2.24) is 10.6 Å². The fourth-order valence-corrected chi connectivity index (χ4v) is 2.60. The third-order valence-electron chi connectivity index (χ3n) is 3.61. The Morgan fingerprint density at radius 3 is 2.74 bits per heavy atom. The molecular formula is C14H17N3O2. The number of nitrogens with one attached hydrogen (secondary N) is 2. The van der Waals surface area contributed by atoms with Crippen molar-refractivity contribution >= 4 is 11.6 Å². The molecule has 1 fully saturated rings. The number of ether oxygens (including phenoxy) is 1. The molecule has 0 bridgehead atoms. The van der Waals surface area contributed by atoms with Crippen molar-refractivity contribution in [2.24, 2.45) is 4.99 Å². The van der Waals surface area contributed by atoms with Gasteiger partial charge in [0.2, 0.25) is 0 Å². The Hall–Kier alpha value is -1.88. The summed E-state index contributed by atoms with van der Waals surface area (Å²) in [4.78, 5) is 16.7. The van der Waals surface area contributed by atoms with Crippen molar-refractivity contribution < 1.29 is 9.53 Å². The number of benzene rings is 1. The maximum atomic E-state index is 12.1. The highest BCUT2D eigenvalue weighted by Gasteiger charge is 2.40. The molecule has 2 heterocycles. The molecule has 1 amide bonds. The number of piperidine rings is 1. The van der Waals surface area contributed by atoms with Gasteiger partial charge in [0.25, 0.3) is 5.91 Å². The average molecular weight is 259 g/mol. The SMILES string of the molecule is COc1ccc(C2=N[C@@]3(CCCNC3)NC2=O)cc1. The molecule has 0 saturated carbocycles. The lowest BCUT2D eigenvalue weighted by atomic mass is 10.0. The Morgan fingerprint density at radius 2 is 2.11 bits per heavy atom. The molecule has 3 rings (SSSR count). The van der Waals surface area contributed by atoms with Crippen LogP contribution in [0.25, 0.3) is 0 Å². The second kappa shape index (κ2) is 4.66. The van der Waals surface area contributed by atoms with Gasteiger partial charge in [0.15, 0.2) is 0 Å². The van der Waals surface area contributed by atoms with E-state index in [2.05, 4.69) is 15.6 Å². The van der Waals surface area contributed by atoms with Crippen LogP contribution in [0.3, 0.4) is 0 Å². The van der Waals surface area contributed by atoms with Crippen molar-refractivity contribution in [3.63, 3.8) is 0 Å². The summed E-state index contributed by atoms with van der Waals surface area (Å²) in [6, 6.07) is 7.42. The third kappa shape index (κ3) is 2.21. The molecule has 100 valence electrons. The van der Waals surface area contributed by atoms with Crippen molar-refractivity contribution in [2.45, 2.75) is 18.5 Å². The Bertz CT molecular complexity index is 516. The molecule has 1 aromatic carbocycles. The minimum Gasteiger partial charge on any atom is -0.497 e. The predicted molar refractivity (Wildman–Crippen MR) is 72.5 cm³/mol. The zero-order valence-electron chi connectivity index (χ0n) is 10.9. The van der Waals surface area contributed by atoms with Gasteiger partial charge in [0, 0.05) is 12.1 Å². The molecule has 2 N–H and O–H groups in total. The number of hydrogen-bond acceptors (Lipinski definition) is 4. The van der Waals surface area contributed by atoms with Gasteiger partial charge >= 0.3 is 0 Å². The van der Waals surface area contributed by atoms with Crippen LogP contribution in [-0.2, 0) is 4.79 Å². The van der Waals surface area contributed by atoms with Crippen LogP contribution in [0.4, 0.5) is 0 Å². The van der Waals surface area contributed by atoms with Gasteiger partial charge in [-0.15, -0.1) is 0 Å². The summed E-state index contributed by atoms with van der Waals surface area (Å²) in [6.45, 7) is 1.70. The van der Waals surface area contributed by atoms with Crippen molar-refractivity contribution in [1.29, 1.82) is 0 Å². The first kappa shape index (κ1) is 12.2. The Kier molecular flexibility index (Phi) is 2.98. The van der Waals surface area contributed by atoms with Gasteiger partial charge in [-0.05, 0) is 43.7 Å². The molecule has 2 aliphatic rings. The van der Waals surface area contributed by atoms with Gasteiger partial charge in [-0.1, -0.05) is 0 Å². The monoisotopic (exact) mass is 259 g/mol. The third-order valence-corrected chi connectivity index (χ3v) is 3.61. The summed E-state index contributed by atoms with van der Waals surface area (Å²) in [5.41, 5.74) is 0.914. The van der Waals surface area contributed by atoms with Gasteiger partial charge in [0.1, 0.15) is 17.1 Å². The van der Waals surface area contributed by atoms with E-state index in [0.29, 0.717) is 12.3 Å². The van der Waals surface area contributed by atoms with E-state index in [4.69, 9.17) is 4.74 Å². The Labute approximate surface area is 112 Å². The van der Waals surface area contributed by atoms with Gasteiger partial charge in [-0.25, -0.2) is 4.99 Å². The largest absolute Gasteiger partial charge is 0.497 e. The summed E-state index contributed by atoms with van der Waals surface area (Å²) < 4.78 is 5.12. The fourth-order valence-electron chi connectivity index (χ4n) is 2.60. The highest BCUT2D eigenvalue weighted by atomic mass is 16.5. The zero-order valence-corrected chi connectivity index (χ0v) is 10.9. The van der Waals surface area contributed by atoms with E-state index < -0.39 is 5.66 Å². The lowest BCUT2D eigenvalue weighted by Gasteiger charge is -2.30. The second-order valence-electron chi connectivity index (χ2n) is 4.95. The van der Waals surface area contributed by atoms with Gasteiger partial charge in [-0.3, -0.25) is 4.79 Å². The smallest absolute Gasteiger partial charge is 0.272 e. The number of amides is 1. The molecule has 5 heteroatoms. The van der Waals surface area contributed by atoms with E-state index >= 15 is 0 Å². The van der Waals surface area contributed by atoms with E-state index in [9.17, 15) is 4.79 Å². The van der Waals surface area contributed by atoms with Crippen LogP contribution >= 0.6 is 0 Å². The van der Waals surface area contributed by atoms with E-state index in [1.54, 1.807) is 7.11 Å². The van der Waals surface area contributed by atoms with Crippen molar-refractivity contribution in [3.8, 4) is 5.75 Å². The fraction of sp³-hybridized carbons (Fsp3) is 0.429. The summed E-state index contributed by atoms with van der Waals surface area (Å²) in [7, 11) is 1.62. The molecule has 0 radical (unpaired) electrons. The molecule has 5 nitrogen and oxygen atoms in total. The number of methoxy groups -OCH3 is 1. The molecule has 1 saturated heterocycles. The summed E-state index contributed by atoms with van der Waals surface area (Å²) in [6.07, 6.45) is 1.92. The van der Waals surface area contributed by atoms with Crippen LogP contribution in [0.1, 0.15) is 18.4 Å². The van der Waals surface area contributed by atoms with Gasteiger partial charge < -0.3 is 15.4 Å². The molecule has 0 aliphatic carbocycles. The summed E-state index contributed by atoms with van der Waals surface area (Å²) >= 11 is 0. The van der Waals surface area contributed by atoms with E-state index in [1.165, 1.54) is 0 Å². The number of hydrogen-bond donors (Lipinski definition) is 2. The molecule has 2 aliphatic heterocycles. The molecule has 0 unspecified atom stereocenters. The van der Waals surface area contributed by atoms with Gasteiger partial charge in [0.05, 0.1) is 7.11 Å². The maximum Gasteiger partial charge on any atom is 0.272 e. The Morgan fingerprint density at radius 1 is 1.32 bits per heavy atom. The normalized spacial score (nSPS) is 26.2. The van der Waals surface area contributed by atoms with Crippen LogP contribution < -0.4 is 15.4 Å². The topological polar surface area (TPSA) is 62.7 Å². The number of rotatable bonds is 2. The summed E-state index contributed by atoms with van der Waals surface area (Å²) in [5.74, 6) is 0.686. The van der Waals surface area contributed by atoms with E-state index in [1.807, 2.05) is 24.3 Å². The van der Waals surface area contributed by atoms with Crippen LogP contribution in [0.5, 0.6) is 5.75 Å². The Balaban J connectivity index is 1.90. The zero-order chi connectivity index (χ0) is 13.3. The lowest BCUT2D eigenvalue weighted by Crippen LogP contribution is -2.53. The average Bonchev–Trinajstić information content (AvgIpc) is 2.76. The standard InChI is InChI=1S/C14H17N3O2/c1-19-11-5-3-10(4-6-11)12-13(18)17-14(16-12)7-2-8-15-9-14/h3-6,15H,2,7-9H2,1H3,(H,17,18)/t14-/m0/s1. The molecule has 1 spiro atoms. The van der Waals surface area contributed by atoms with Crippen LogP contribution in [0.2, 0.25) is 0 Å². The van der Waals surface area contributed by atoms with E-state index in [-0.39, 0.29) is 5.91 Å². The molecule has 1 aromatic rings. The number of carbonyl (C=O) groups excluding carboxylic acids is 1. The van der Waals surface area contributed by atoms with E-state index in [0.717, 1.165) is 30.7 Å². The van der Waals surface area contributed by atoms with Crippen molar-refractivity contribution in [2.75, 3.05) is 20.2 Å². The van der Waals surface area contributed by atoms with Crippen LogP contribution in [-0.4, -0.2) is 37.5 Å². The summed E-state index contributed by atoms with van der Waals surface area (Å²) in [5, 5.41) is 6.30. The van der Waals surface area contributed by atoms with Crippen LogP contribution in [0, 0.1) is 0 Å². The van der Waals surface area contributed by atoms with Crippen molar-refractivity contribution in [3.05, 3.63) is 29.8 Å². The predicted octanol–water partition coefficient (Wildman–Crippen LogP) is 0.694. The second-order valence-corrected chi connectivity index (χ2v) is 4.95. The highest BCUT2D eigenvalue weighted by Crippen LogP contribution is 2.24. The maximum absolute atomic E-state index is 12.1. The first-order valence-electron chi connectivity index (χ1n) is 6.50. The minimum absolute atomic E-state index is 0.0890. The molecular weight excluding hydrogens is 242 g/mol. The quantitative estimate of drug-likeness (QED) is 0.821. The minimum atomic E-state index is -0.440. The number of aliphatic imine (C=N–C) groups is 1. The first-order valence-corrected chi connectivity index (χ1v) is 6.50. The molecule has 19 heavy (non-hydrogen) atoms. The molecule has 1 atom stereocenters. The first-order chi connectivity index (χ1) is 9.22. The lowest BCUT2D eigenvalue weighted by molar-refractivity contribution is -0.115. The number of nitrogens with zero attached hydrogens (tertiary/aromatic N) is 1. The molecule has 0 aromatic heterocycles. The van der Waals surface area contributed by atoms with Gasteiger partial charge in [-0.2, -0.15) is 0 Å². The van der Waals surface area contributed by atoms with Crippen LogP contribution in [0.15, 0.2) is 29.3 Å². The highest BCUT2D eigenvalue weighted by molar-refractivity contribution is 6.46.